The van der Waals surface area contributed by atoms with E-state index in [0.717, 1.165) is 25.8 Å². The second-order valence-corrected chi connectivity index (χ2v) is 8.75. The van der Waals surface area contributed by atoms with Gasteiger partial charge in [-0.1, -0.05) is 41.4 Å². The summed E-state index contributed by atoms with van der Waals surface area (Å²) in [5.41, 5.74) is 3.81. The number of halogens is 2. The molecular formula is C25H19ClINO4. The van der Waals surface area contributed by atoms with Gasteiger partial charge < -0.3 is 14.2 Å². The van der Waals surface area contributed by atoms with Crippen molar-refractivity contribution in [3.8, 4) is 11.5 Å². The zero-order valence-electron chi connectivity index (χ0n) is 17.4. The highest BCUT2D eigenvalue weighted by Gasteiger charge is 2.24. The summed E-state index contributed by atoms with van der Waals surface area (Å²) in [7, 11) is 1.58. The second-order valence-electron chi connectivity index (χ2n) is 7.15. The highest BCUT2D eigenvalue weighted by Crippen LogP contribution is 2.35. The van der Waals surface area contributed by atoms with Gasteiger partial charge >= 0.3 is 5.97 Å². The van der Waals surface area contributed by atoms with E-state index in [0.29, 0.717) is 29.0 Å². The number of aryl methyl sites for hydroxylation is 1. The molecule has 0 saturated heterocycles. The van der Waals surface area contributed by atoms with Crippen molar-refractivity contribution < 1.29 is 19.0 Å². The van der Waals surface area contributed by atoms with Crippen LogP contribution < -0.4 is 9.47 Å². The van der Waals surface area contributed by atoms with Gasteiger partial charge in [0, 0.05) is 10.6 Å². The Labute approximate surface area is 204 Å². The van der Waals surface area contributed by atoms with Crippen LogP contribution in [-0.2, 0) is 16.1 Å². The van der Waals surface area contributed by atoms with E-state index in [1.165, 1.54) is 0 Å². The maximum absolute atomic E-state index is 12.3. The van der Waals surface area contributed by atoms with Crippen LogP contribution in [0.1, 0.15) is 22.3 Å². The molecule has 0 spiro atoms. The Morgan fingerprint density at radius 1 is 1.12 bits per heavy atom. The van der Waals surface area contributed by atoms with E-state index in [1.54, 1.807) is 19.3 Å². The molecule has 32 heavy (non-hydrogen) atoms. The van der Waals surface area contributed by atoms with Crippen LogP contribution in [0.25, 0.3) is 6.08 Å². The number of nitrogens with zero attached hydrogens (tertiary/aromatic N) is 1. The molecule has 3 aromatic carbocycles. The van der Waals surface area contributed by atoms with Gasteiger partial charge in [-0.3, -0.25) is 0 Å². The third-order valence-corrected chi connectivity index (χ3v) is 5.78. The lowest BCUT2D eigenvalue weighted by atomic mass is 10.1. The summed E-state index contributed by atoms with van der Waals surface area (Å²) < 4.78 is 17.7. The predicted octanol–water partition coefficient (Wildman–Crippen LogP) is 6.19. The third kappa shape index (κ3) is 5.14. The molecule has 4 rings (SSSR count). The fourth-order valence-electron chi connectivity index (χ4n) is 3.13. The molecule has 1 aliphatic heterocycles. The number of esters is 1. The lowest BCUT2D eigenvalue weighted by molar-refractivity contribution is -0.129. The van der Waals surface area contributed by atoms with Gasteiger partial charge in [-0.15, -0.1) is 0 Å². The standard InChI is InChI=1S/C25H19ClINO4/c1-15-6-8-18(9-7-15)24-28-21(25(29)32-24)12-17-11-20(27)23(22(13-17)30-2)31-14-16-4-3-5-19(26)10-16/h3-13H,14H2,1-2H3/b21-12-. The second kappa shape index (κ2) is 9.75. The molecule has 3 aromatic rings. The number of benzene rings is 3. The van der Waals surface area contributed by atoms with Crippen LogP contribution in [0.3, 0.4) is 0 Å². The van der Waals surface area contributed by atoms with E-state index >= 15 is 0 Å². The first-order valence-electron chi connectivity index (χ1n) is 9.77. The molecular weight excluding hydrogens is 541 g/mol. The first kappa shape index (κ1) is 22.4. The molecule has 0 bridgehead atoms. The zero-order chi connectivity index (χ0) is 22.7. The van der Waals surface area contributed by atoms with Gasteiger partial charge in [0.2, 0.25) is 5.90 Å². The third-order valence-electron chi connectivity index (χ3n) is 4.75. The van der Waals surface area contributed by atoms with Crippen molar-refractivity contribution in [3.63, 3.8) is 0 Å². The van der Waals surface area contributed by atoms with Gasteiger partial charge in [0.1, 0.15) is 6.61 Å². The van der Waals surface area contributed by atoms with Crippen LogP contribution in [0.2, 0.25) is 5.02 Å². The maximum atomic E-state index is 12.3. The normalized spacial score (nSPS) is 14.3. The molecule has 0 aromatic heterocycles. The fourth-order valence-corrected chi connectivity index (χ4v) is 4.13. The van der Waals surface area contributed by atoms with Crippen molar-refractivity contribution in [2.75, 3.05) is 7.11 Å². The first-order valence-corrected chi connectivity index (χ1v) is 11.2. The van der Waals surface area contributed by atoms with Crippen LogP contribution in [0, 0.1) is 10.5 Å². The maximum Gasteiger partial charge on any atom is 0.363 e. The molecule has 1 aliphatic rings. The minimum absolute atomic E-state index is 0.228. The van der Waals surface area contributed by atoms with Crippen molar-refractivity contribution >= 4 is 52.1 Å². The number of methoxy groups -OCH3 is 1. The minimum Gasteiger partial charge on any atom is -0.493 e. The van der Waals surface area contributed by atoms with Crippen molar-refractivity contribution in [1.29, 1.82) is 0 Å². The van der Waals surface area contributed by atoms with Crippen molar-refractivity contribution in [3.05, 3.63) is 97.2 Å². The number of carbonyl (C=O) groups excluding carboxylic acids is 1. The molecule has 7 heteroatoms. The van der Waals surface area contributed by atoms with Gasteiger partial charge in [0.25, 0.3) is 0 Å². The Kier molecular flexibility index (Phi) is 6.81. The average Bonchev–Trinajstić information content (AvgIpc) is 3.13. The van der Waals surface area contributed by atoms with Gasteiger partial charge in [0.15, 0.2) is 17.2 Å². The molecule has 1 heterocycles. The molecule has 0 aliphatic carbocycles. The van der Waals surface area contributed by atoms with E-state index in [4.69, 9.17) is 25.8 Å². The quantitative estimate of drug-likeness (QED) is 0.205. The molecule has 162 valence electrons. The number of hydrogen-bond acceptors (Lipinski definition) is 5. The molecule has 0 amide bonds. The average molecular weight is 560 g/mol. The number of cyclic esters (lactones) is 1. The number of rotatable bonds is 6. The summed E-state index contributed by atoms with van der Waals surface area (Å²) in [4.78, 5) is 16.7. The first-order chi connectivity index (χ1) is 15.4. The molecule has 0 saturated carbocycles. The Morgan fingerprint density at radius 2 is 1.91 bits per heavy atom. The summed E-state index contributed by atoms with van der Waals surface area (Å²) in [5, 5.41) is 0.656. The summed E-state index contributed by atoms with van der Waals surface area (Å²) in [6.45, 7) is 2.35. The van der Waals surface area contributed by atoms with Gasteiger partial charge in [-0.05, 0) is 83.1 Å². The predicted molar refractivity (Wildman–Crippen MR) is 133 cm³/mol. The lowest BCUT2D eigenvalue weighted by Gasteiger charge is -2.14. The smallest absolute Gasteiger partial charge is 0.363 e. The van der Waals surface area contributed by atoms with E-state index < -0.39 is 5.97 Å². The van der Waals surface area contributed by atoms with Gasteiger partial charge in [-0.25, -0.2) is 9.79 Å². The number of ether oxygens (including phenoxy) is 3. The molecule has 5 nitrogen and oxygen atoms in total. The van der Waals surface area contributed by atoms with Crippen molar-refractivity contribution in [1.82, 2.24) is 0 Å². The zero-order valence-corrected chi connectivity index (χ0v) is 20.3. The largest absolute Gasteiger partial charge is 0.493 e. The van der Waals surface area contributed by atoms with Crippen LogP contribution in [-0.4, -0.2) is 19.0 Å². The molecule has 0 radical (unpaired) electrons. The summed E-state index contributed by atoms with van der Waals surface area (Å²) in [5.74, 6) is 0.980. The Morgan fingerprint density at radius 3 is 2.62 bits per heavy atom. The number of carbonyl (C=O) groups is 1. The van der Waals surface area contributed by atoms with Gasteiger partial charge in [0.05, 0.1) is 10.7 Å². The van der Waals surface area contributed by atoms with E-state index in [2.05, 4.69) is 27.6 Å². The molecule has 0 fully saturated rings. The summed E-state index contributed by atoms with van der Waals surface area (Å²) >= 11 is 8.23. The van der Waals surface area contributed by atoms with Crippen molar-refractivity contribution in [2.45, 2.75) is 13.5 Å². The SMILES string of the molecule is COc1cc(/C=C2\N=C(c3ccc(C)cc3)OC2=O)cc(I)c1OCc1cccc(Cl)c1. The van der Waals surface area contributed by atoms with Crippen LogP contribution in [0.4, 0.5) is 0 Å². The lowest BCUT2D eigenvalue weighted by Crippen LogP contribution is -2.05. The van der Waals surface area contributed by atoms with E-state index in [1.807, 2.05) is 61.5 Å². The topological polar surface area (TPSA) is 57.1 Å². The highest BCUT2D eigenvalue weighted by molar-refractivity contribution is 14.1. The minimum atomic E-state index is -0.490. The van der Waals surface area contributed by atoms with Crippen molar-refractivity contribution in [2.24, 2.45) is 4.99 Å². The molecule has 0 unspecified atom stereocenters. The van der Waals surface area contributed by atoms with Crippen LogP contribution in [0.15, 0.2) is 71.4 Å². The molecule has 0 atom stereocenters. The Balaban J connectivity index is 1.59. The van der Waals surface area contributed by atoms with E-state index in [9.17, 15) is 4.79 Å². The summed E-state index contributed by atoms with van der Waals surface area (Å²) in [6.07, 6.45) is 1.68. The molecule has 0 N–H and O–H groups in total. The monoisotopic (exact) mass is 559 g/mol. The number of aliphatic imine (C=N–C) groups is 1. The highest BCUT2D eigenvalue weighted by atomic mass is 127. The van der Waals surface area contributed by atoms with Gasteiger partial charge in [-0.2, -0.15) is 0 Å². The summed E-state index contributed by atoms with van der Waals surface area (Å²) in [6, 6.07) is 18.8. The fraction of sp³-hybridized carbons (Fsp3) is 0.120. The Bertz CT molecular complexity index is 1240. The Hall–Kier alpha value is -2.84. The number of hydrogen-bond donors (Lipinski definition) is 0. The van der Waals surface area contributed by atoms with Crippen LogP contribution >= 0.6 is 34.2 Å². The van der Waals surface area contributed by atoms with Crippen LogP contribution in [0.5, 0.6) is 11.5 Å². The van der Waals surface area contributed by atoms with E-state index in [-0.39, 0.29) is 5.70 Å².